The van der Waals surface area contributed by atoms with Crippen LogP contribution in [-0.4, -0.2) is 36.2 Å². The highest BCUT2D eigenvalue weighted by Gasteiger charge is 2.30. The molecule has 0 atom stereocenters. The number of phenols is 1. The Hall–Kier alpha value is -2.31. The molecule has 0 aliphatic rings. The zero-order valence-electron chi connectivity index (χ0n) is 21.7. The third kappa shape index (κ3) is 10.3. The van der Waals surface area contributed by atoms with Gasteiger partial charge in [0.1, 0.15) is 0 Å². The van der Waals surface area contributed by atoms with Crippen LogP contribution in [0.15, 0.2) is 0 Å². The van der Waals surface area contributed by atoms with Crippen molar-refractivity contribution in [1.82, 2.24) is 0 Å². The van der Waals surface area contributed by atoms with Crippen LogP contribution in [0.4, 0.5) is 4.79 Å². The van der Waals surface area contributed by atoms with Gasteiger partial charge in [0.15, 0.2) is 11.5 Å². The van der Waals surface area contributed by atoms with E-state index < -0.39 is 6.16 Å². The van der Waals surface area contributed by atoms with Crippen LogP contribution in [0.25, 0.3) is 0 Å². The second-order valence-electron chi connectivity index (χ2n) is 8.64. The summed E-state index contributed by atoms with van der Waals surface area (Å²) < 4.78 is 23.3. The summed E-state index contributed by atoms with van der Waals surface area (Å²) in [7, 11) is 0. The topological polar surface area (TPSA) is 94.5 Å². The number of carbonyl (C=O) groups is 1. The molecule has 0 saturated heterocycles. The van der Waals surface area contributed by atoms with Gasteiger partial charge in [-0.2, -0.15) is 0 Å². The lowest BCUT2D eigenvalue weighted by atomic mass is 10.0. The Balaban J connectivity index is 3.45. The first-order valence-corrected chi connectivity index (χ1v) is 13.2. The number of benzene rings is 1. The molecule has 0 amide bonds. The minimum Gasteiger partial charge on any atom is -0.502 e. The van der Waals surface area contributed by atoms with Gasteiger partial charge in [0.25, 0.3) is 0 Å². The van der Waals surface area contributed by atoms with Crippen LogP contribution >= 0.6 is 0 Å². The van der Waals surface area contributed by atoms with E-state index in [4.69, 9.17) is 18.9 Å². The maximum atomic E-state index is 11.5. The van der Waals surface area contributed by atoms with E-state index in [0.29, 0.717) is 43.3 Å². The molecule has 0 unspecified atom stereocenters. The molecule has 0 heterocycles. The molecule has 0 bridgehead atoms. The number of phenolic OH excluding ortho intramolecular Hbond substituents is 1. The highest BCUT2D eigenvalue weighted by Crippen LogP contribution is 2.54. The number of hydrogen-bond acceptors (Lipinski definition) is 6. The lowest BCUT2D eigenvalue weighted by molar-refractivity contribution is 0.141. The van der Waals surface area contributed by atoms with Crippen molar-refractivity contribution in [1.29, 1.82) is 0 Å². The SMILES string of the molecule is CCCCCCCCc1c(OC(=O)O)c(O)c(OCCCC)c(OCCCC)c1OCCCC. The minimum atomic E-state index is -1.49. The maximum absolute atomic E-state index is 11.5. The lowest BCUT2D eigenvalue weighted by Gasteiger charge is -2.23. The smallest absolute Gasteiger partial charge is 0.502 e. The number of rotatable bonds is 20. The van der Waals surface area contributed by atoms with E-state index in [1.54, 1.807) is 0 Å². The molecule has 0 aromatic heterocycles. The average Bonchev–Trinajstić information content (AvgIpc) is 2.81. The summed E-state index contributed by atoms with van der Waals surface area (Å²) in [6.07, 6.45) is 10.8. The Morgan fingerprint density at radius 1 is 0.618 bits per heavy atom. The molecule has 34 heavy (non-hydrogen) atoms. The Morgan fingerprint density at radius 2 is 1.09 bits per heavy atom. The summed E-state index contributed by atoms with van der Waals surface area (Å²) in [5.41, 5.74) is 0.529. The van der Waals surface area contributed by atoms with Crippen molar-refractivity contribution in [3.8, 4) is 28.7 Å². The van der Waals surface area contributed by atoms with Gasteiger partial charge in [-0.25, -0.2) is 4.79 Å². The molecule has 7 heteroatoms. The molecule has 0 fully saturated rings. The average molecular weight is 483 g/mol. The summed E-state index contributed by atoms with van der Waals surface area (Å²) >= 11 is 0. The molecule has 0 aliphatic heterocycles. The second-order valence-corrected chi connectivity index (χ2v) is 8.64. The van der Waals surface area contributed by atoms with E-state index >= 15 is 0 Å². The third-order valence-electron chi connectivity index (χ3n) is 5.59. The predicted molar refractivity (Wildman–Crippen MR) is 135 cm³/mol. The molecule has 0 aliphatic carbocycles. The van der Waals surface area contributed by atoms with Crippen molar-refractivity contribution in [3.63, 3.8) is 0 Å². The van der Waals surface area contributed by atoms with Crippen LogP contribution < -0.4 is 18.9 Å². The highest BCUT2D eigenvalue weighted by molar-refractivity contribution is 5.73. The summed E-state index contributed by atoms with van der Waals surface area (Å²) in [6, 6.07) is 0. The molecule has 2 N–H and O–H groups in total. The van der Waals surface area contributed by atoms with Crippen LogP contribution in [0.3, 0.4) is 0 Å². The zero-order chi connectivity index (χ0) is 25.2. The Kier molecular flexibility index (Phi) is 15.8. The van der Waals surface area contributed by atoms with Crippen molar-refractivity contribution >= 4 is 6.16 Å². The van der Waals surface area contributed by atoms with Gasteiger partial charge in [-0.05, 0) is 32.1 Å². The van der Waals surface area contributed by atoms with E-state index in [1.807, 2.05) is 6.92 Å². The Bertz CT molecular complexity index is 703. The fourth-order valence-corrected chi connectivity index (χ4v) is 3.58. The lowest BCUT2D eigenvalue weighted by Crippen LogP contribution is -2.12. The summed E-state index contributed by atoms with van der Waals surface area (Å²) in [4.78, 5) is 11.5. The van der Waals surface area contributed by atoms with Crippen LogP contribution in [0.1, 0.15) is 110 Å². The van der Waals surface area contributed by atoms with Crippen LogP contribution in [0.5, 0.6) is 28.7 Å². The molecule has 0 radical (unpaired) electrons. The molecular formula is C27H46O7. The number of aromatic hydroxyl groups is 1. The highest BCUT2D eigenvalue weighted by atomic mass is 16.7. The Morgan fingerprint density at radius 3 is 1.62 bits per heavy atom. The van der Waals surface area contributed by atoms with Crippen molar-refractivity contribution < 1.29 is 34.0 Å². The van der Waals surface area contributed by atoms with Crippen LogP contribution in [-0.2, 0) is 6.42 Å². The first-order valence-electron chi connectivity index (χ1n) is 13.2. The first kappa shape index (κ1) is 29.7. The van der Waals surface area contributed by atoms with Gasteiger partial charge in [-0.15, -0.1) is 0 Å². The quantitative estimate of drug-likeness (QED) is 0.111. The van der Waals surface area contributed by atoms with E-state index in [0.717, 1.165) is 57.8 Å². The van der Waals surface area contributed by atoms with Gasteiger partial charge < -0.3 is 29.2 Å². The molecule has 1 rings (SSSR count). The molecule has 0 spiro atoms. The van der Waals surface area contributed by atoms with E-state index in [2.05, 4.69) is 20.8 Å². The van der Waals surface area contributed by atoms with Crippen molar-refractivity contribution in [3.05, 3.63) is 5.56 Å². The van der Waals surface area contributed by atoms with Crippen molar-refractivity contribution in [2.24, 2.45) is 0 Å². The van der Waals surface area contributed by atoms with Crippen LogP contribution in [0, 0.1) is 0 Å². The van der Waals surface area contributed by atoms with Gasteiger partial charge in [0.2, 0.25) is 17.2 Å². The Labute approximate surface area is 205 Å². The first-order chi connectivity index (χ1) is 16.5. The van der Waals surface area contributed by atoms with E-state index in [9.17, 15) is 15.0 Å². The third-order valence-corrected chi connectivity index (χ3v) is 5.59. The van der Waals surface area contributed by atoms with Gasteiger partial charge in [-0.1, -0.05) is 79.1 Å². The van der Waals surface area contributed by atoms with Gasteiger partial charge in [-0.3, -0.25) is 0 Å². The largest absolute Gasteiger partial charge is 0.511 e. The zero-order valence-corrected chi connectivity index (χ0v) is 21.7. The standard InChI is InChI=1S/C27H46O7/c1-5-9-13-14-15-16-17-21-23(34-27(29)30)22(28)25(32-19-11-7-3)26(33-20-12-8-4)24(21)31-18-10-6-2/h28H,5-20H2,1-4H3,(H,29,30). The molecular weight excluding hydrogens is 436 g/mol. The summed E-state index contributed by atoms with van der Waals surface area (Å²) in [5, 5.41) is 20.5. The minimum absolute atomic E-state index is 0.0963. The van der Waals surface area contributed by atoms with Crippen molar-refractivity contribution in [2.75, 3.05) is 19.8 Å². The molecule has 1 aromatic carbocycles. The molecule has 7 nitrogen and oxygen atoms in total. The molecule has 1 aromatic rings. The van der Waals surface area contributed by atoms with E-state index in [-0.39, 0.29) is 17.2 Å². The predicted octanol–water partition coefficient (Wildman–Crippen LogP) is 7.89. The van der Waals surface area contributed by atoms with Crippen molar-refractivity contribution in [2.45, 2.75) is 111 Å². The number of hydrogen-bond donors (Lipinski definition) is 2. The summed E-state index contributed by atoms with van der Waals surface area (Å²) in [6.45, 7) is 9.65. The van der Waals surface area contributed by atoms with Crippen LogP contribution in [0.2, 0.25) is 0 Å². The second kappa shape index (κ2) is 18.1. The summed E-state index contributed by atoms with van der Waals surface area (Å²) in [5.74, 6) is 0.422. The van der Waals surface area contributed by atoms with E-state index in [1.165, 1.54) is 19.3 Å². The number of carboxylic acid groups (broad SMARTS) is 1. The number of unbranched alkanes of at least 4 members (excludes halogenated alkanes) is 8. The monoisotopic (exact) mass is 482 g/mol. The van der Waals surface area contributed by atoms with Gasteiger partial charge in [0.05, 0.1) is 19.8 Å². The van der Waals surface area contributed by atoms with Gasteiger partial charge >= 0.3 is 6.16 Å². The maximum Gasteiger partial charge on any atom is 0.511 e. The fourth-order valence-electron chi connectivity index (χ4n) is 3.58. The molecule has 196 valence electrons. The van der Waals surface area contributed by atoms with Gasteiger partial charge in [0, 0.05) is 5.56 Å². The normalized spacial score (nSPS) is 10.8. The molecule has 0 saturated carbocycles. The number of ether oxygens (including phenoxy) is 4. The fraction of sp³-hybridized carbons (Fsp3) is 0.741.